The molecule has 66 valence electrons. The van der Waals surface area contributed by atoms with Crippen molar-refractivity contribution < 1.29 is 4.79 Å². The van der Waals surface area contributed by atoms with E-state index in [1.807, 2.05) is 6.07 Å². The molecule has 0 aromatic heterocycles. The van der Waals surface area contributed by atoms with Crippen LogP contribution in [0.1, 0.15) is 12.5 Å². The summed E-state index contributed by atoms with van der Waals surface area (Å²) in [4.78, 5) is 12.5. The minimum atomic E-state index is -0.0808. The summed E-state index contributed by atoms with van der Waals surface area (Å²) in [6.07, 6.45) is 0. The Morgan fingerprint density at radius 2 is 2.08 bits per heavy atom. The zero-order chi connectivity index (χ0) is 9.84. The first kappa shape index (κ1) is 9.27. The number of carbonyl (C=O) groups is 1. The lowest BCUT2D eigenvalue weighted by atomic mass is 10.2. The van der Waals surface area contributed by atoms with E-state index in [9.17, 15) is 4.79 Å². The first-order chi connectivity index (χ1) is 6.16. The summed E-state index contributed by atoms with van der Waals surface area (Å²) in [5.41, 5.74) is 1.16. The fourth-order valence-corrected chi connectivity index (χ4v) is 1.03. The molecule has 0 unspecified atom stereocenters. The molecule has 0 heterocycles. The normalized spacial score (nSPS) is 9.00. The molecular weight excluding hydrogens is 164 g/mol. The molecule has 0 N–H and O–H groups in total. The Balaban J connectivity index is 3.15. The average molecular weight is 174 g/mol. The monoisotopic (exact) mass is 174 g/mol. The molecule has 0 aliphatic heterocycles. The van der Waals surface area contributed by atoms with Crippen LogP contribution in [0.4, 0.5) is 5.69 Å². The van der Waals surface area contributed by atoms with Gasteiger partial charge in [0.05, 0.1) is 11.3 Å². The highest BCUT2D eigenvalue weighted by Crippen LogP contribution is 2.17. The highest BCUT2D eigenvalue weighted by molar-refractivity contribution is 5.92. The van der Waals surface area contributed by atoms with Crippen LogP contribution in [0.25, 0.3) is 0 Å². The molecule has 0 spiro atoms. The highest BCUT2D eigenvalue weighted by Gasteiger charge is 2.08. The number of nitriles is 1. The number of amides is 1. The maximum atomic E-state index is 11.0. The van der Waals surface area contributed by atoms with Crippen molar-refractivity contribution in [3.8, 4) is 6.07 Å². The topological polar surface area (TPSA) is 44.1 Å². The Kier molecular flexibility index (Phi) is 2.65. The molecule has 0 saturated heterocycles. The number of rotatable bonds is 1. The van der Waals surface area contributed by atoms with E-state index >= 15 is 0 Å². The van der Waals surface area contributed by atoms with Crippen molar-refractivity contribution in [2.24, 2.45) is 0 Å². The van der Waals surface area contributed by atoms with Gasteiger partial charge < -0.3 is 4.90 Å². The van der Waals surface area contributed by atoms with Crippen LogP contribution in [0.15, 0.2) is 24.3 Å². The van der Waals surface area contributed by atoms with Crippen molar-refractivity contribution in [3.63, 3.8) is 0 Å². The largest absolute Gasteiger partial charge is 0.314 e. The van der Waals surface area contributed by atoms with Crippen molar-refractivity contribution in [2.75, 3.05) is 11.9 Å². The Morgan fingerprint density at radius 1 is 1.46 bits per heavy atom. The number of hydrogen-bond donors (Lipinski definition) is 0. The number of hydrogen-bond acceptors (Lipinski definition) is 2. The van der Waals surface area contributed by atoms with Crippen LogP contribution in [0, 0.1) is 11.3 Å². The second kappa shape index (κ2) is 3.72. The summed E-state index contributed by atoms with van der Waals surface area (Å²) in [5, 5.41) is 8.76. The van der Waals surface area contributed by atoms with E-state index in [0.717, 1.165) is 0 Å². The van der Waals surface area contributed by atoms with Crippen LogP contribution >= 0.6 is 0 Å². The van der Waals surface area contributed by atoms with Gasteiger partial charge in [0.1, 0.15) is 6.07 Å². The van der Waals surface area contributed by atoms with Crippen LogP contribution in [0.2, 0.25) is 0 Å². The number of anilines is 1. The van der Waals surface area contributed by atoms with Crippen LogP contribution in [0.5, 0.6) is 0 Å². The molecule has 0 atom stereocenters. The minimum absolute atomic E-state index is 0.0808. The van der Waals surface area contributed by atoms with Crippen molar-refractivity contribution in [3.05, 3.63) is 29.8 Å². The van der Waals surface area contributed by atoms with E-state index in [0.29, 0.717) is 11.3 Å². The van der Waals surface area contributed by atoms with Crippen molar-refractivity contribution in [1.82, 2.24) is 0 Å². The molecule has 0 aliphatic rings. The van der Waals surface area contributed by atoms with Gasteiger partial charge in [-0.3, -0.25) is 4.79 Å². The molecule has 1 aromatic carbocycles. The third-order valence-corrected chi connectivity index (χ3v) is 1.86. The minimum Gasteiger partial charge on any atom is -0.314 e. The molecule has 3 nitrogen and oxygen atoms in total. The summed E-state index contributed by atoms with van der Waals surface area (Å²) in [7, 11) is 1.65. The highest BCUT2D eigenvalue weighted by atomic mass is 16.2. The van der Waals surface area contributed by atoms with E-state index < -0.39 is 0 Å². The zero-order valence-electron chi connectivity index (χ0n) is 7.61. The fraction of sp³-hybridized carbons (Fsp3) is 0.200. The van der Waals surface area contributed by atoms with E-state index in [1.165, 1.54) is 11.8 Å². The van der Waals surface area contributed by atoms with Gasteiger partial charge in [-0.15, -0.1) is 0 Å². The van der Waals surface area contributed by atoms with Gasteiger partial charge in [-0.25, -0.2) is 0 Å². The standard InChI is InChI=1S/C10H10N2O/c1-8(13)12(2)10-6-4-3-5-9(10)7-11/h3-6H,1-2H3. The molecule has 0 bridgehead atoms. The van der Waals surface area contributed by atoms with Gasteiger partial charge >= 0.3 is 0 Å². The van der Waals surface area contributed by atoms with Gasteiger partial charge in [0.25, 0.3) is 0 Å². The molecule has 0 fully saturated rings. The summed E-state index contributed by atoms with van der Waals surface area (Å²) in [6, 6.07) is 9.05. The Bertz CT molecular complexity index is 365. The van der Waals surface area contributed by atoms with Crippen molar-refractivity contribution in [1.29, 1.82) is 5.26 Å². The molecule has 0 aliphatic carbocycles. The summed E-state index contributed by atoms with van der Waals surface area (Å²) in [5.74, 6) is -0.0808. The lowest BCUT2D eigenvalue weighted by Gasteiger charge is -2.15. The van der Waals surface area contributed by atoms with E-state index in [2.05, 4.69) is 0 Å². The van der Waals surface area contributed by atoms with Crippen molar-refractivity contribution >= 4 is 11.6 Å². The summed E-state index contributed by atoms with van der Waals surface area (Å²) < 4.78 is 0. The lowest BCUT2D eigenvalue weighted by molar-refractivity contribution is -0.116. The zero-order valence-corrected chi connectivity index (χ0v) is 7.61. The SMILES string of the molecule is CC(=O)N(C)c1ccccc1C#N. The second-order valence-corrected chi connectivity index (χ2v) is 2.71. The van der Waals surface area contributed by atoms with Crippen LogP contribution in [0.3, 0.4) is 0 Å². The van der Waals surface area contributed by atoms with Gasteiger partial charge in [0, 0.05) is 14.0 Å². The van der Waals surface area contributed by atoms with Gasteiger partial charge in [0.15, 0.2) is 0 Å². The van der Waals surface area contributed by atoms with E-state index in [4.69, 9.17) is 5.26 Å². The first-order valence-electron chi connectivity index (χ1n) is 3.90. The lowest BCUT2D eigenvalue weighted by Crippen LogP contribution is -2.23. The number of carbonyl (C=O) groups excluding carboxylic acids is 1. The second-order valence-electron chi connectivity index (χ2n) is 2.71. The molecule has 1 aromatic rings. The predicted molar refractivity (Wildman–Crippen MR) is 50.2 cm³/mol. The first-order valence-corrected chi connectivity index (χ1v) is 3.90. The molecule has 0 saturated carbocycles. The predicted octanol–water partition coefficient (Wildman–Crippen LogP) is 1.54. The maximum absolute atomic E-state index is 11.0. The van der Waals surface area contributed by atoms with Crippen LogP contribution < -0.4 is 4.90 Å². The van der Waals surface area contributed by atoms with Gasteiger partial charge in [-0.2, -0.15) is 5.26 Å². The molecular formula is C10H10N2O. The van der Waals surface area contributed by atoms with E-state index in [1.54, 1.807) is 31.3 Å². The molecule has 1 rings (SSSR count). The smallest absolute Gasteiger partial charge is 0.223 e. The van der Waals surface area contributed by atoms with Gasteiger partial charge in [0.2, 0.25) is 5.91 Å². The number of nitrogens with zero attached hydrogens (tertiary/aromatic N) is 2. The summed E-state index contributed by atoms with van der Waals surface area (Å²) >= 11 is 0. The fourth-order valence-electron chi connectivity index (χ4n) is 1.03. The summed E-state index contributed by atoms with van der Waals surface area (Å²) in [6.45, 7) is 1.47. The third-order valence-electron chi connectivity index (χ3n) is 1.86. The van der Waals surface area contributed by atoms with Crippen LogP contribution in [-0.2, 0) is 4.79 Å². The molecule has 0 radical (unpaired) electrons. The van der Waals surface area contributed by atoms with Gasteiger partial charge in [-0.05, 0) is 12.1 Å². The number of para-hydroxylation sites is 1. The number of benzene rings is 1. The third kappa shape index (κ3) is 1.85. The Hall–Kier alpha value is -1.82. The molecule has 3 heteroatoms. The van der Waals surface area contributed by atoms with E-state index in [-0.39, 0.29) is 5.91 Å². The average Bonchev–Trinajstić information content (AvgIpc) is 2.16. The molecule has 13 heavy (non-hydrogen) atoms. The Labute approximate surface area is 77.2 Å². The Morgan fingerprint density at radius 3 is 2.62 bits per heavy atom. The van der Waals surface area contributed by atoms with Gasteiger partial charge in [-0.1, -0.05) is 12.1 Å². The maximum Gasteiger partial charge on any atom is 0.223 e. The van der Waals surface area contributed by atoms with Crippen molar-refractivity contribution in [2.45, 2.75) is 6.92 Å². The quantitative estimate of drug-likeness (QED) is 0.648. The van der Waals surface area contributed by atoms with Crippen LogP contribution in [-0.4, -0.2) is 13.0 Å². The molecule has 1 amide bonds.